The summed E-state index contributed by atoms with van der Waals surface area (Å²) in [6, 6.07) is 0. The molecule has 0 aliphatic rings. The lowest BCUT2D eigenvalue weighted by Gasteiger charge is -2.25. The molecule has 1 aromatic heterocycles. The van der Waals surface area contributed by atoms with Crippen LogP contribution in [0.2, 0.25) is 0 Å². The van der Waals surface area contributed by atoms with Crippen LogP contribution in [0.4, 0.5) is 4.79 Å². The normalized spacial score (nSPS) is 13.1. The molecule has 0 spiro atoms. The molecule has 0 saturated carbocycles. The third-order valence-electron chi connectivity index (χ3n) is 2.56. The van der Waals surface area contributed by atoms with Gasteiger partial charge < -0.3 is 10.5 Å². The molecule has 5 nitrogen and oxygen atoms in total. The molecular weight excluding hydrogens is 230 g/mol. The monoisotopic (exact) mass is 251 g/mol. The van der Waals surface area contributed by atoms with Crippen LogP contribution in [0.1, 0.15) is 44.5 Å². The van der Waals surface area contributed by atoms with Crippen molar-refractivity contribution in [2.24, 2.45) is 11.1 Å². The van der Waals surface area contributed by atoms with Crippen LogP contribution >= 0.6 is 0 Å². The summed E-state index contributed by atoms with van der Waals surface area (Å²) in [6.07, 6.45) is 3.68. The molecule has 18 heavy (non-hydrogen) atoms. The van der Waals surface area contributed by atoms with Gasteiger partial charge in [-0.15, -0.1) is 0 Å². The molecule has 1 heterocycles. The summed E-state index contributed by atoms with van der Waals surface area (Å²) >= 11 is 0. The van der Waals surface area contributed by atoms with Crippen LogP contribution < -0.4 is 5.73 Å². The van der Waals surface area contributed by atoms with Gasteiger partial charge >= 0.3 is 6.09 Å². The molecule has 2 N–H and O–H groups in total. The van der Waals surface area contributed by atoms with Gasteiger partial charge in [-0.25, -0.2) is 14.8 Å². The Morgan fingerprint density at radius 3 is 2.39 bits per heavy atom. The van der Waals surface area contributed by atoms with Crippen molar-refractivity contribution in [3.8, 4) is 0 Å². The maximum absolute atomic E-state index is 10.7. The van der Waals surface area contributed by atoms with Gasteiger partial charge in [0.25, 0.3) is 0 Å². The van der Waals surface area contributed by atoms with Crippen LogP contribution in [-0.2, 0) is 4.74 Å². The predicted octanol–water partition coefficient (Wildman–Crippen LogP) is 2.40. The number of ether oxygens (including phenoxy) is 1. The molecule has 1 aromatic rings. The summed E-state index contributed by atoms with van der Waals surface area (Å²) in [4.78, 5) is 19.1. The molecule has 1 atom stereocenters. The number of hydrogen-bond acceptors (Lipinski definition) is 4. The average Bonchev–Trinajstić information content (AvgIpc) is 2.23. The van der Waals surface area contributed by atoms with Gasteiger partial charge in [-0.3, -0.25) is 0 Å². The highest BCUT2D eigenvalue weighted by Crippen LogP contribution is 2.30. The highest BCUT2D eigenvalue weighted by Gasteiger charge is 2.22. The molecule has 1 amide bonds. The van der Waals surface area contributed by atoms with Gasteiger partial charge in [-0.05, 0) is 24.3 Å². The van der Waals surface area contributed by atoms with Crippen molar-refractivity contribution >= 4 is 6.09 Å². The van der Waals surface area contributed by atoms with Gasteiger partial charge in [-0.2, -0.15) is 0 Å². The lowest BCUT2D eigenvalue weighted by molar-refractivity contribution is 0.140. The van der Waals surface area contributed by atoms with Gasteiger partial charge in [0.05, 0.1) is 0 Å². The fraction of sp³-hybridized carbons (Fsp3) is 0.615. The fourth-order valence-corrected chi connectivity index (χ4v) is 1.81. The number of nitrogens with zero attached hydrogens (tertiary/aromatic N) is 2. The molecule has 0 bridgehead atoms. The lowest BCUT2D eigenvalue weighted by atomic mass is 9.82. The molecule has 0 aliphatic heterocycles. The minimum absolute atomic E-state index is 0.0677. The minimum Gasteiger partial charge on any atom is -0.449 e. The van der Waals surface area contributed by atoms with Crippen molar-refractivity contribution in [1.82, 2.24) is 9.97 Å². The van der Waals surface area contributed by atoms with Crippen LogP contribution in [0.3, 0.4) is 0 Å². The van der Waals surface area contributed by atoms with Gasteiger partial charge in [0.2, 0.25) is 0 Å². The zero-order valence-corrected chi connectivity index (χ0v) is 11.4. The van der Waals surface area contributed by atoms with Crippen molar-refractivity contribution in [2.45, 2.75) is 40.0 Å². The molecule has 0 aromatic carbocycles. The van der Waals surface area contributed by atoms with E-state index in [-0.39, 0.29) is 17.9 Å². The van der Waals surface area contributed by atoms with E-state index in [0.29, 0.717) is 0 Å². The Hall–Kier alpha value is -1.65. The van der Waals surface area contributed by atoms with Crippen LogP contribution in [0.15, 0.2) is 12.4 Å². The number of primary amides is 1. The molecule has 0 fully saturated rings. The van der Waals surface area contributed by atoms with Crippen molar-refractivity contribution < 1.29 is 9.53 Å². The van der Waals surface area contributed by atoms with Gasteiger partial charge in [0.15, 0.2) is 0 Å². The highest BCUT2D eigenvalue weighted by molar-refractivity contribution is 5.64. The largest absolute Gasteiger partial charge is 0.449 e. The number of amides is 1. The Morgan fingerprint density at radius 1 is 1.39 bits per heavy atom. The first kappa shape index (κ1) is 14.4. The van der Waals surface area contributed by atoms with E-state index < -0.39 is 6.09 Å². The Kier molecular flexibility index (Phi) is 4.64. The number of aromatic nitrogens is 2. The second-order valence-corrected chi connectivity index (χ2v) is 5.66. The minimum atomic E-state index is -0.748. The fourth-order valence-electron chi connectivity index (χ4n) is 1.81. The van der Waals surface area contributed by atoms with E-state index in [1.165, 1.54) is 0 Å². The first-order chi connectivity index (χ1) is 8.28. The summed E-state index contributed by atoms with van der Waals surface area (Å²) in [5.74, 6) is 0.794. The zero-order chi connectivity index (χ0) is 13.8. The predicted molar refractivity (Wildman–Crippen MR) is 69.1 cm³/mol. The van der Waals surface area contributed by atoms with E-state index in [1.807, 2.05) is 6.92 Å². The average molecular weight is 251 g/mol. The van der Waals surface area contributed by atoms with Crippen molar-refractivity contribution in [3.05, 3.63) is 23.8 Å². The zero-order valence-electron chi connectivity index (χ0n) is 11.4. The Labute approximate surface area is 108 Å². The summed E-state index contributed by atoms with van der Waals surface area (Å²) in [6.45, 7) is 8.51. The van der Waals surface area contributed by atoms with Crippen molar-refractivity contribution in [3.63, 3.8) is 0 Å². The van der Waals surface area contributed by atoms with Gasteiger partial charge in [0, 0.05) is 18.3 Å². The maximum atomic E-state index is 10.7. The molecule has 1 rings (SSSR count). The van der Waals surface area contributed by atoms with E-state index in [1.54, 1.807) is 12.4 Å². The molecule has 5 heteroatoms. The third kappa shape index (κ3) is 5.12. The summed E-state index contributed by atoms with van der Waals surface area (Å²) < 4.78 is 4.92. The first-order valence-electron chi connectivity index (χ1n) is 5.99. The second-order valence-electron chi connectivity index (χ2n) is 5.66. The van der Waals surface area contributed by atoms with E-state index in [4.69, 9.17) is 10.5 Å². The standard InChI is InChI=1S/C13H21N3O2/c1-9-15-6-11(7-16-9)10(5-13(2,3)4)8-18-12(14)17/h6-7,10H,5,8H2,1-4H3,(H2,14,17). The molecule has 100 valence electrons. The summed E-state index contributed by atoms with van der Waals surface area (Å²) in [7, 11) is 0. The molecule has 0 saturated heterocycles. The second kappa shape index (κ2) is 5.80. The number of aryl methyl sites for hydroxylation is 1. The van der Waals surface area contributed by atoms with E-state index in [2.05, 4.69) is 30.7 Å². The Morgan fingerprint density at radius 2 is 1.94 bits per heavy atom. The van der Waals surface area contributed by atoms with Crippen molar-refractivity contribution in [1.29, 1.82) is 0 Å². The van der Waals surface area contributed by atoms with E-state index >= 15 is 0 Å². The highest BCUT2D eigenvalue weighted by atomic mass is 16.5. The van der Waals surface area contributed by atoms with E-state index in [0.717, 1.165) is 17.8 Å². The van der Waals surface area contributed by atoms with Crippen LogP contribution in [0.25, 0.3) is 0 Å². The molecule has 0 radical (unpaired) electrons. The Bertz CT molecular complexity index is 396. The maximum Gasteiger partial charge on any atom is 0.404 e. The number of rotatable bonds is 4. The van der Waals surface area contributed by atoms with Gasteiger partial charge in [-0.1, -0.05) is 20.8 Å². The Balaban J connectivity index is 2.82. The van der Waals surface area contributed by atoms with Crippen molar-refractivity contribution in [2.75, 3.05) is 6.61 Å². The summed E-state index contributed by atoms with van der Waals surface area (Å²) in [5, 5.41) is 0. The number of hydrogen-bond donors (Lipinski definition) is 1. The number of carbonyl (C=O) groups excluding carboxylic acids is 1. The molecule has 1 unspecified atom stereocenters. The van der Waals surface area contributed by atoms with Crippen LogP contribution in [0, 0.1) is 12.3 Å². The first-order valence-corrected chi connectivity index (χ1v) is 5.99. The van der Waals surface area contributed by atoms with Crippen LogP contribution in [-0.4, -0.2) is 22.7 Å². The quantitative estimate of drug-likeness (QED) is 0.891. The van der Waals surface area contributed by atoms with E-state index in [9.17, 15) is 4.79 Å². The SMILES string of the molecule is Cc1ncc(C(COC(N)=O)CC(C)(C)C)cn1. The van der Waals surface area contributed by atoms with Gasteiger partial charge in [0.1, 0.15) is 12.4 Å². The lowest BCUT2D eigenvalue weighted by Crippen LogP contribution is -2.21. The third-order valence-corrected chi connectivity index (χ3v) is 2.56. The number of nitrogens with two attached hydrogens (primary N) is 1. The molecule has 0 aliphatic carbocycles. The summed E-state index contributed by atoms with van der Waals surface area (Å²) in [5.41, 5.74) is 6.11. The smallest absolute Gasteiger partial charge is 0.404 e. The topological polar surface area (TPSA) is 78.1 Å². The number of carbonyl (C=O) groups is 1. The van der Waals surface area contributed by atoms with Crippen LogP contribution in [0.5, 0.6) is 0 Å². The molecular formula is C13H21N3O2.